The van der Waals surface area contributed by atoms with Crippen LogP contribution < -0.4 is 5.32 Å². The molecular weight excluding hydrogens is 284 g/mol. The molecule has 1 aromatic carbocycles. The van der Waals surface area contributed by atoms with Gasteiger partial charge >= 0.3 is 6.09 Å². The lowest BCUT2D eigenvalue weighted by Gasteiger charge is -2.16. The van der Waals surface area contributed by atoms with Crippen LogP contribution in [0.1, 0.15) is 12.0 Å². The van der Waals surface area contributed by atoms with E-state index < -0.39 is 0 Å². The maximum Gasteiger partial charge on any atom is 0.410 e. The molecule has 1 aliphatic heterocycles. The molecule has 2 rings (SSSR count). The number of ether oxygens (including phenoxy) is 2. The molecule has 1 atom stereocenters. The molecule has 0 spiro atoms. The molecule has 1 aromatic rings. The molecule has 120 valence electrons. The maximum atomic E-state index is 12.0. The first-order chi connectivity index (χ1) is 10.7. The summed E-state index contributed by atoms with van der Waals surface area (Å²) < 4.78 is 10.2. The van der Waals surface area contributed by atoms with Gasteiger partial charge in [0, 0.05) is 26.7 Å². The number of hydrogen-bond donors (Lipinski definition) is 1. The molecule has 6 heteroatoms. The van der Waals surface area contributed by atoms with Crippen LogP contribution in [0.25, 0.3) is 0 Å². The third-order valence-corrected chi connectivity index (χ3v) is 3.63. The van der Waals surface area contributed by atoms with Gasteiger partial charge in [0.05, 0.1) is 12.5 Å². The number of carbonyl (C=O) groups is 2. The quantitative estimate of drug-likeness (QED) is 0.807. The maximum absolute atomic E-state index is 12.0. The number of likely N-dealkylation sites (tertiary alicyclic amines) is 1. The van der Waals surface area contributed by atoms with Crippen LogP contribution in [0.5, 0.6) is 0 Å². The Kier molecular flexibility index (Phi) is 6.21. The van der Waals surface area contributed by atoms with Crippen molar-refractivity contribution in [3.63, 3.8) is 0 Å². The van der Waals surface area contributed by atoms with Gasteiger partial charge in [0.1, 0.15) is 6.61 Å². The van der Waals surface area contributed by atoms with Crippen molar-refractivity contribution >= 4 is 12.0 Å². The standard InChI is InChI=1S/C16H22N2O4/c1-21-10-8-17-15(19)14-7-9-18(11-14)16(20)22-12-13-5-3-2-4-6-13/h2-6,14H,7-12H2,1H3,(H,17,19). The number of hydrogen-bond acceptors (Lipinski definition) is 4. The summed E-state index contributed by atoms with van der Waals surface area (Å²) in [5, 5.41) is 2.80. The van der Waals surface area contributed by atoms with Gasteiger partial charge in [0.15, 0.2) is 0 Å². The summed E-state index contributed by atoms with van der Waals surface area (Å²) in [6, 6.07) is 9.53. The van der Waals surface area contributed by atoms with E-state index in [1.165, 1.54) is 0 Å². The minimum absolute atomic E-state index is 0.0320. The zero-order valence-electron chi connectivity index (χ0n) is 12.8. The second kappa shape index (κ2) is 8.38. The molecule has 1 heterocycles. The third-order valence-electron chi connectivity index (χ3n) is 3.63. The van der Waals surface area contributed by atoms with E-state index in [0.29, 0.717) is 32.7 Å². The van der Waals surface area contributed by atoms with Gasteiger partial charge in [-0.3, -0.25) is 4.79 Å². The summed E-state index contributed by atoms with van der Waals surface area (Å²) in [6.45, 7) is 2.19. The Morgan fingerprint density at radius 3 is 2.82 bits per heavy atom. The molecule has 1 N–H and O–H groups in total. The molecule has 22 heavy (non-hydrogen) atoms. The number of benzene rings is 1. The molecule has 0 radical (unpaired) electrons. The third kappa shape index (κ3) is 4.73. The van der Waals surface area contributed by atoms with Crippen LogP contribution in [0.15, 0.2) is 30.3 Å². The van der Waals surface area contributed by atoms with Crippen molar-refractivity contribution in [1.82, 2.24) is 10.2 Å². The summed E-state index contributed by atoms with van der Waals surface area (Å²) in [6.07, 6.45) is 0.301. The van der Waals surface area contributed by atoms with E-state index in [-0.39, 0.29) is 24.5 Å². The zero-order chi connectivity index (χ0) is 15.8. The summed E-state index contributed by atoms with van der Waals surface area (Å²) in [7, 11) is 1.59. The summed E-state index contributed by atoms with van der Waals surface area (Å²) in [5.74, 6) is -0.198. The number of amides is 2. The summed E-state index contributed by atoms with van der Waals surface area (Å²) >= 11 is 0. The number of rotatable bonds is 6. The van der Waals surface area contributed by atoms with Crippen molar-refractivity contribution in [2.24, 2.45) is 5.92 Å². The van der Waals surface area contributed by atoms with Crippen LogP contribution in [-0.4, -0.2) is 50.3 Å². The molecule has 1 unspecified atom stereocenters. The highest BCUT2D eigenvalue weighted by molar-refractivity contribution is 5.80. The predicted molar refractivity (Wildman–Crippen MR) is 81.2 cm³/mol. The normalized spacial score (nSPS) is 17.3. The highest BCUT2D eigenvalue weighted by Gasteiger charge is 2.31. The molecule has 0 aliphatic carbocycles. The van der Waals surface area contributed by atoms with Gasteiger partial charge < -0.3 is 19.7 Å². The first-order valence-electron chi connectivity index (χ1n) is 7.43. The van der Waals surface area contributed by atoms with Crippen LogP contribution in [0.3, 0.4) is 0 Å². The zero-order valence-corrected chi connectivity index (χ0v) is 12.8. The summed E-state index contributed by atoms with van der Waals surface area (Å²) in [4.78, 5) is 25.5. The van der Waals surface area contributed by atoms with Gasteiger partial charge in [-0.25, -0.2) is 4.79 Å². The van der Waals surface area contributed by atoms with E-state index in [1.807, 2.05) is 30.3 Å². The SMILES string of the molecule is COCCNC(=O)C1CCN(C(=O)OCc2ccccc2)C1. The van der Waals surface area contributed by atoms with Gasteiger partial charge in [-0.2, -0.15) is 0 Å². The van der Waals surface area contributed by atoms with Crippen molar-refractivity contribution in [1.29, 1.82) is 0 Å². The second-order valence-electron chi connectivity index (χ2n) is 5.26. The smallest absolute Gasteiger partial charge is 0.410 e. The van der Waals surface area contributed by atoms with Gasteiger partial charge in [0.2, 0.25) is 5.91 Å². The van der Waals surface area contributed by atoms with Crippen LogP contribution in [0.4, 0.5) is 4.79 Å². The Hall–Kier alpha value is -2.08. The number of nitrogens with zero attached hydrogens (tertiary/aromatic N) is 1. The Labute approximate surface area is 130 Å². The van der Waals surface area contributed by atoms with Crippen LogP contribution >= 0.6 is 0 Å². The Morgan fingerprint density at radius 1 is 1.32 bits per heavy atom. The Balaban J connectivity index is 1.72. The van der Waals surface area contributed by atoms with Crippen molar-refractivity contribution in [2.45, 2.75) is 13.0 Å². The Bertz CT molecular complexity index is 492. The molecule has 2 amide bonds. The molecule has 0 aromatic heterocycles. The van der Waals surface area contributed by atoms with Crippen molar-refractivity contribution in [3.05, 3.63) is 35.9 Å². The molecule has 0 saturated carbocycles. The number of carbonyl (C=O) groups excluding carboxylic acids is 2. The van der Waals surface area contributed by atoms with Crippen molar-refractivity contribution in [3.8, 4) is 0 Å². The topological polar surface area (TPSA) is 67.9 Å². The van der Waals surface area contributed by atoms with E-state index in [9.17, 15) is 9.59 Å². The summed E-state index contributed by atoms with van der Waals surface area (Å²) in [5.41, 5.74) is 0.948. The molecule has 6 nitrogen and oxygen atoms in total. The second-order valence-corrected chi connectivity index (χ2v) is 5.26. The monoisotopic (exact) mass is 306 g/mol. The Morgan fingerprint density at radius 2 is 2.09 bits per heavy atom. The lowest BCUT2D eigenvalue weighted by Crippen LogP contribution is -2.36. The van der Waals surface area contributed by atoms with Gasteiger partial charge in [-0.1, -0.05) is 30.3 Å². The van der Waals surface area contributed by atoms with Gasteiger partial charge in [-0.05, 0) is 12.0 Å². The average Bonchev–Trinajstić information content (AvgIpc) is 3.04. The van der Waals surface area contributed by atoms with Crippen LogP contribution in [0, 0.1) is 5.92 Å². The molecule has 1 saturated heterocycles. The molecule has 1 aliphatic rings. The lowest BCUT2D eigenvalue weighted by molar-refractivity contribution is -0.124. The van der Waals surface area contributed by atoms with Gasteiger partial charge in [-0.15, -0.1) is 0 Å². The van der Waals surface area contributed by atoms with E-state index in [1.54, 1.807) is 12.0 Å². The highest BCUT2D eigenvalue weighted by Crippen LogP contribution is 2.17. The number of nitrogens with one attached hydrogen (secondary N) is 1. The van der Waals surface area contributed by atoms with E-state index in [2.05, 4.69) is 5.32 Å². The van der Waals surface area contributed by atoms with Crippen LogP contribution in [0.2, 0.25) is 0 Å². The largest absolute Gasteiger partial charge is 0.445 e. The van der Waals surface area contributed by atoms with E-state index >= 15 is 0 Å². The van der Waals surface area contributed by atoms with Crippen molar-refractivity contribution < 1.29 is 19.1 Å². The highest BCUT2D eigenvalue weighted by atomic mass is 16.6. The minimum atomic E-state index is -0.365. The molecule has 1 fully saturated rings. The molecular formula is C16H22N2O4. The van der Waals surface area contributed by atoms with Gasteiger partial charge in [0.25, 0.3) is 0 Å². The number of methoxy groups -OCH3 is 1. The molecule has 0 bridgehead atoms. The predicted octanol–water partition coefficient (Wildman–Crippen LogP) is 1.41. The fraction of sp³-hybridized carbons (Fsp3) is 0.500. The fourth-order valence-electron chi connectivity index (χ4n) is 2.37. The van der Waals surface area contributed by atoms with Crippen molar-refractivity contribution in [2.75, 3.05) is 33.4 Å². The first kappa shape index (κ1) is 16.3. The van der Waals surface area contributed by atoms with E-state index in [4.69, 9.17) is 9.47 Å². The first-order valence-corrected chi connectivity index (χ1v) is 7.43. The van der Waals surface area contributed by atoms with E-state index in [0.717, 1.165) is 5.56 Å². The average molecular weight is 306 g/mol. The fourth-order valence-corrected chi connectivity index (χ4v) is 2.37. The lowest BCUT2D eigenvalue weighted by atomic mass is 10.1. The minimum Gasteiger partial charge on any atom is -0.445 e. The van der Waals surface area contributed by atoms with Crippen LogP contribution in [-0.2, 0) is 20.9 Å².